The number of hydrogen-bond acceptors (Lipinski definition) is 8. The average Bonchev–Trinajstić information content (AvgIpc) is 2.69. The van der Waals surface area contributed by atoms with Crippen LogP contribution in [0.3, 0.4) is 0 Å². The SMILES string of the molecule is O=C(O)c1cccc(Nc2ccc([N+](=O)[O-])c(NCCN3CCOCC3)n2)c1. The van der Waals surface area contributed by atoms with E-state index >= 15 is 0 Å². The van der Waals surface area contributed by atoms with Gasteiger partial charge in [0.05, 0.1) is 23.7 Å². The highest BCUT2D eigenvalue weighted by Gasteiger charge is 2.17. The van der Waals surface area contributed by atoms with E-state index in [9.17, 15) is 14.9 Å². The first-order valence-electron chi connectivity index (χ1n) is 8.83. The number of carboxylic acids is 1. The Morgan fingerprint density at radius 1 is 1.29 bits per heavy atom. The van der Waals surface area contributed by atoms with Gasteiger partial charge in [0.1, 0.15) is 5.82 Å². The molecule has 28 heavy (non-hydrogen) atoms. The van der Waals surface area contributed by atoms with Crippen LogP contribution in [0, 0.1) is 10.1 Å². The van der Waals surface area contributed by atoms with Gasteiger partial charge in [0, 0.05) is 37.9 Å². The van der Waals surface area contributed by atoms with Gasteiger partial charge in [-0.25, -0.2) is 9.78 Å². The van der Waals surface area contributed by atoms with Crippen LogP contribution in [0.4, 0.5) is 23.0 Å². The first-order valence-corrected chi connectivity index (χ1v) is 8.83. The lowest BCUT2D eigenvalue weighted by Gasteiger charge is -2.26. The second kappa shape index (κ2) is 9.11. The molecule has 2 aromatic rings. The zero-order chi connectivity index (χ0) is 19.9. The largest absolute Gasteiger partial charge is 0.478 e. The van der Waals surface area contributed by atoms with Gasteiger partial charge in [0.2, 0.25) is 5.82 Å². The minimum Gasteiger partial charge on any atom is -0.478 e. The summed E-state index contributed by atoms with van der Waals surface area (Å²) in [6.45, 7) is 4.27. The minimum absolute atomic E-state index is 0.119. The van der Waals surface area contributed by atoms with Crippen LogP contribution in [0.25, 0.3) is 0 Å². The Balaban J connectivity index is 1.70. The number of carboxylic acid groups (broad SMARTS) is 1. The molecule has 3 rings (SSSR count). The van der Waals surface area contributed by atoms with E-state index in [1.807, 2.05) is 0 Å². The number of anilines is 3. The van der Waals surface area contributed by atoms with Gasteiger partial charge in [-0.3, -0.25) is 15.0 Å². The Morgan fingerprint density at radius 3 is 2.79 bits per heavy atom. The van der Waals surface area contributed by atoms with Crippen molar-refractivity contribution < 1.29 is 19.6 Å². The van der Waals surface area contributed by atoms with Crippen molar-refractivity contribution >= 4 is 29.0 Å². The van der Waals surface area contributed by atoms with Gasteiger partial charge in [-0.15, -0.1) is 0 Å². The fraction of sp³-hybridized carbons (Fsp3) is 0.333. The zero-order valence-corrected chi connectivity index (χ0v) is 15.1. The third-order valence-corrected chi connectivity index (χ3v) is 4.28. The third kappa shape index (κ3) is 5.15. The molecule has 1 aromatic heterocycles. The van der Waals surface area contributed by atoms with Gasteiger partial charge in [-0.05, 0) is 24.3 Å². The highest BCUT2D eigenvalue weighted by Crippen LogP contribution is 2.25. The number of pyridine rings is 1. The van der Waals surface area contributed by atoms with E-state index in [2.05, 4.69) is 20.5 Å². The predicted molar refractivity (Wildman–Crippen MR) is 103 cm³/mol. The number of ether oxygens (including phenoxy) is 1. The molecule has 0 bridgehead atoms. The molecule has 0 atom stereocenters. The standard InChI is InChI=1S/C18H21N5O5/c24-18(25)13-2-1-3-14(12-13)20-16-5-4-15(23(26)27)17(21-16)19-6-7-22-8-10-28-11-9-22/h1-5,12H,6-11H2,(H,24,25)(H2,19,20,21). The van der Waals surface area contributed by atoms with Crippen molar-refractivity contribution in [1.29, 1.82) is 0 Å². The number of rotatable bonds is 8. The molecule has 0 saturated carbocycles. The lowest BCUT2D eigenvalue weighted by Crippen LogP contribution is -2.39. The number of aromatic carboxylic acids is 1. The maximum absolute atomic E-state index is 11.3. The molecule has 148 valence electrons. The molecule has 0 amide bonds. The van der Waals surface area contributed by atoms with Crippen molar-refractivity contribution in [2.75, 3.05) is 50.0 Å². The normalized spacial score (nSPS) is 14.4. The second-order valence-corrected chi connectivity index (χ2v) is 6.21. The van der Waals surface area contributed by atoms with E-state index < -0.39 is 10.9 Å². The Hall–Kier alpha value is -3.24. The summed E-state index contributed by atoms with van der Waals surface area (Å²) in [4.78, 5) is 28.4. The Bertz CT molecular complexity index is 854. The number of nitrogens with zero attached hydrogens (tertiary/aromatic N) is 3. The van der Waals surface area contributed by atoms with E-state index in [0.717, 1.165) is 19.6 Å². The topological polar surface area (TPSA) is 130 Å². The summed E-state index contributed by atoms with van der Waals surface area (Å²) in [5.41, 5.74) is 0.545. The highest BCUT2D eigenvalue weighted by molar-refractivity contribution is 5.89. The molecule has 3 N–H and O–H groups in total. The predicted octanol–water partition coefficient (Wildman–Crippen LogP) is 2.18. The van der Waals surface area contributed by atoms with Gasteiger partial charge in [0.25, 0.3) is 0 Å². The molecule has 10 heteroatoms. The number of nitro groups is 1. The molecule has 2 heterocycles. The number of benzene rings is 1. The molecule has 1 aliphatic rings. The van der Waals surface area contributed by atoms with Crippen LogP contribution in [0.2, 0.25) is 0 Å². The summed E-state index contributed by atoms with van der Waals surface area (Å²) in [5, 5.41) is 26.4. The lowest BCUT2D eigenvalue weighted by molar-refractivity contribution is -0.384. The molecule has 1 aliphatic heterocycles. The molecule has 0 radical (unpaired) electrons. The fourth-order valence-electron chi connectivity index (χ4n) is 2.83. The molecule has 1 aromatic carbocycles. The maximum atomic E-state index is 11.3. The van der Waals surface area contributed by atoms with Gasteiger partial charge < -0.3 is 20.5 Å². The summed E-state index contributed by atoms with van der Waals surface area (Å²) in [6, 6.07) is 9.11. The van der Waals surface area contributed by atoms with E-state index in [1.54, 1.807) is 12.1 Å². The molecule has 1 fully saturated rings. The fourth-order valence-corrected chi connectivity index (χ4v) is 2.83. The van der Waals surface area contributed by atoms with Crippen LogP contribution in [0.15, 0.2) is 36.4 Å². The van der Waals surface area contributed by atoms with Crippen molar-refractivity contribution in [3.8, 4) is 0 Å². The van der Waals surface area contributed by atoms with Crippen LogP contribution >= 0.6 is 0 Å². The van der Waals surface area contributed by atoms with Crippen LogP contribution in [-0.2, 0) is 4.74 Å². The van der Waals surface area contributed by atoms with Gasteiger partial charge in [-0.2, -0.15) is 0 Å². The first kappa shape index (κ1) is 19.5. The first-order chi connectivity index (χ1) is 13.5. The molecular formula is C18H21N5O5. The minimum atomic E-state index is -1.04. The smallest absolute Gasteiger partial charge is 0.335 e. The van der Waals surface area contributed by atoms with Crippen molar-refractivity contribution in [1.82, 2.24) is 9.88 Å². The Labute approximate surface area is 161 Å². The number of carbonyl (C=O) groups is 1. The summed E-state index contributed by atoms with van der Waals surface area (Å²) in [5.74, 6) is -0.495. The Morgan fingerprint density at radius 2 is 2.07 bits per heavy atom. The summed E-state index contributed by atoms with van der Waals surface area (Å²) in [6.07, 6.45) is 0. The lowest BCUT2D eigenvalue weighted by atomic mass is 10.2. The number of hydrogen-bond donors (Lipinski definition) is 3. The van der Waals surface area contributed by atoms with Gasteiger partial charge >= 0.3 is 11.7 Å². The summed E-state index contributed by atoms with van der Waals surface area (Å²) in [7, 11) is 0. The molecule has 1 saturated heterocycles. The van der Waals surface area contributed by atoms with Crippen molar-refractivity contribution in [3.63, 3.8) is 0 Å². The van der Waals surface area contributed by atoms with E-state index in [4.69, 9.17) is 9.84 Å². The number of nitrogens with one attached hydrogen (secondary N) is 2. The van der Waals surface area contributed by atoms with Gasteiger partial charge in [-0.1, -0.05) is 6.07 Å². The van der Waals surface area contributed by atoms with Crippen LogP contribution < -0.4 is 10.6 Å². The second-order valence-electron chi connectivity index (χ2n) is 6.21. The highest BCUT2D eigenvalue weighted by atomic mass is 16.6. The van der Waals surface area contributed by atoms with Crippen molar-refractivity contribution in [3.05, 3.63) is 52.1 Å². The van der Waals surface area contributed by atoms with Crippen LogP contribution in [0.1, 0.15) is 10.4 Å². The number of morpholine rings is 1. The molecule has 0 aliphatic carbocycles. The van der Waals surface area contributed by atoms with E-state index in [0.29, 0.717) is 31.3 Å². The van der Waals surface area contributed by atoms with E-state index in [1.165, 1.54) is 24.3 Å². The molecule has 0 spiro atoms. The van der Waals surface area contributed by atoms with E-state index in [-0.39, 0.29) is 17.1 Å². The molecule has 0 unspecified atom stereocenters. The van der Waals surface area contributed by atoms with Crippen LogP contribution in [-0.4, -0.2) is 65.3 Å². The summed E-state index contributed by atoms with van der Waals surface area (Å²) >= 11 is 0. The zero-order valence-electron chi connectivity index (χ0n) is 15.1. The molecule has 10 nitrogen and oxygen atoms in total. The number of aromatic nitrogens is 1. The van der Waals surface area contributed by atoms with Gasteiger partial charge in [0.15, 0.2) is 0 Å². The van der Waals surface area contributed by atoms with Crippen molar-refractivity contribution in [2.24, 2.45) is 0 Å². The molecular weight excluding hydrogens is 366 g/mol. The Kier molecular flexibility index (Phi) is 6.35. The maximum Gasteiger partial charge on any atom is 0.335 e. The quantitative estimate of drug-likeness (QED) is 0.461. The van der Waals surface area contributed by atoms with Crippen LogP contribution in [0.5, 0.6) is 0 Å². The average molecular weight is 387 g/mol. The third-order valence-electron chi connectivity index (χ3n) is 4.28. The van der Waals surface area contributed by atoms with Crippen molar-refractivity contribution in [2.45, 2.75) is 0 Å². The summed E-state index contributed by atoms with van der Waals surface area (Å²) < 4.78 is 5.30. The monoisotopic (exact) mass is 387 g/mol.